The maximum atomic E-state index is 12.0. The van der Waals surface area contributed by atoms with Crippen molar-refractivity contribution in [2.45, 2.75) is 45.1 Å². The predicted octanol–water partition coefficient (Wildman–Crippen LogP) is 1.51. The van der Waals surface area contributed by atoms with Gasteiger partial charge in [0.2, 0.25) is 0 Å². The molecule has 1 aliphatic carbocycles. The zero-order chi connectivity index (χ0) is 10.7. The molecule has 0 aromatic carbocycles. The van der Waals surface area contributed by atoms with Crippen LogP contribution in [0.1, 0.15) is 39.0 Å². The largest absolute Gasteiger partial charge is 0.378 e. The highest BCUT2D eigenvalue weighted by molar-refractivity contribution is 5.84. The molecule has 3 heteroatoms. The van der Waals surface area contributed by atoms with Gasteiger partial charge < -0.3 is 10.1 Å². The first-order valence-corrected chi connectivity index (χ1v) is 6.03. The summed E-state index contributed by atoms with van der Waals surface area (Å²) < 4.78 is 5.32. The summed E-state index contributed by atoms with van der Waals surface area (Å²) in [5, 5.41) is 3.24. The monoisotopic (exact) mass is 211 g/mol. The van der Waals surface area contributed by atoms with Crippen LogP contribution in [-0.4, -0.2) is 31.6 Å². The fourth-order valence-corrected chi connectivity index (χ4v) is 2.72. The molecular formula is C12H21NO2. The summed E-state index contributed by atoms with van der Waals surface area (Å²) >= 11 is 0. The molecule has 1 unspecified atom stereocenters. The Morgan fingerprint density at radius 3 is 2.80 bits per heavy atom. The van der Waals surface area contributed by atoms with Crippen molar-refractivity contribution >= 4 is 5.78 Å². The van der Waals surface area contributed by atoms with Crippen LogP contribution in [0.15, 0.2) is 0 Å². The molecule has 1 heterocycles. The molecule has 0 bridgehead atoms. The zero-order valence-electron chi connectivity index (χ0n) is 9.55. The van der Waals surface area contributed by atoms with E-state index in [1.54, 1.807) is 0 Å². The summed E-state index contributed by atoms with van der Waals surface area (Å²) in [4.78, 5) is 12.0. The molecule has 3 nitrogen and oxygen atoms in total. The quantitative estimate of drug-likeness (QED) is 0.769. The SMILES string of the molecule is CC1(CC(=O)C2COCCN2)CCCC1. The van der Waals surface area contributed by atoms with Crippen LogP contribution in [0.25, 0.3) is 0 Å². The Hall–Kier alpha value is -0.410. The Morgan fingerprint density at radius 2 is 2.20 bits per heavy atom. The number of morpholine rings is 1. The van der Waals surface area contributed by atoms with Gasteiger partial charge in [0.1, 0.15) is 0 Å². The van der Waals surface area contributed by atoms with E-state index >= 15 is 0 Å². The third kappa shape index (κ3) is 2.79. The minimum atomic E-state index is -0.0452. The van der Waals surface area contributed by atoms with Crippen LogP contribution < -0.4 is 5.32 Å². The lowest BCUT2D eigenvalue weighted by Gasteiger charge is -2.28. The zero-order valence-corrected chi connectivity index (χ0v) is 9.55. The molecule has 86 valence electrons. The van der Waals surface area contributed by atoms with Crippen LogP contribution in [0.5, 0.6) is 0 Å². The minimum Gasteiger partial charge on any atom is -0.378 e. The molecule has 0 spiro atoms. The Labute approximate surface area is 91.6 Å². The molecular weight excluding hydrogens is 190 g/mol. The van der Waals surface area contributed by atoms with Gasteiger partial charge in [0.15, 0.2) is 5.78 Å². The highest BCUT2D eigenvalue weighted by Gasteiger charge is 2.33. The van der Waals surface area contributed by atoms with Crippen molar-refractivity contribution in [2.75, 3.05) is 19.8 Å². The van der Waals surface area contributed by atoms with Gasteiger partial charge in [0.25, 0.3) is 0 Å². The molecule has 2 aliphatic rings. The summed E-state index contributed by atoms with van der Waals surface area (Å²) in [6, 6.07) is -0.0452. The number of hydrogen-bond donors (Lipinski definition) is 1. The van der Waals surface area contributed by atoms with E-state index in [9.17, 15) is 4.79 Å². The van der Waals surface area contributed by atoms with Gasteiger partial charge in [-0.15, -0.1) is 0 Å². The van der Waals surface area contributed by atoms with E-state index in [2.05, 4.69) is 12.2 Å². The van der Waals surface area contributed by atoms with Crippen LogP contribution >= 0.6 is 0 Å². The van der Waals surface area contributed by atoms with Gasteiger partial charge in [-0.3, -0.25) is 4.79 Å². The smallest absolute Gasteiger partial charge is 0.152 e. The van der Waals surface area contributed by atoms with Gasteiger partial charge in [-0.2, -0.15) is 0 Å². The number of hydrogen-bond acceptors (Lipinski definition) is 3. The van der Waals surface area contributed by atoms with E-state index in [-0.39, 0.29) is 11.5 Å². The number of nitrogens with one attached hydrogen (secondary N) is 1. The Bertz CT molecular complexity index is 228. The van der Waals surface area contributed by atoms with Crippen LogP contribution in [0.2, 0.25) is 0 Å². The van der Waals surface area contributed by atoms with Crippen molar-refractivity contribution in [3.05, 3.63) is 0 Å². The molecule has 1 N–H and O–H groups in total. The number of ether oxygens (including phenoxy) is 1. The normalized spacial score (nSPS) is 30.3. The highest BCUT2D eigenvalue weighted by Crippen LogP contribution is 2.40. The molecule has 0 amide bonds. The van der Waals surface area contributed by atoms with E-state index in [0.717, 1.165) is 19.6 Å². The van der Waals surface area contributed by atoms with E-state index in [1.807, 2.05) is 0 Å². The average Bonchev–Trinajstić information content (AvgIpc) is 2.66. The second kappa shape index (κ2) is 4.62. The Balaban J connectivity index is 1.85. The third-order valence-electron chi connectivity index (χ3n) is 3.72. The number of Topliss-reactive ketones (excluding diaryl/α,β-unsaturated/α-hetero) is 1. The molecule has 2 fully saturated rings. The topological polar surface area (TPSA) is 38.3 Å². The van der Waals surface area contributed by atoms with Gasteiger partial charge in [-0.1, -0.05) is 19.8 Å². The number of carbonyl (C=O) groups is 1. The Morgan fingerprint density at radius 1 is 1.47 bits per heavy atom. The molecule has 1 aliphatic heterocycles. The fraction of sp³-hybridized carbons (Fsp3) is 0.917. The second-order valence-corrected chi connectivity index (χ2v) is 5.24. The molecule has 2 rings (SSSR count). The van der Waals surface area contributed by atoms with E-state index in [4.69, 9.17) is 4.74 Å². The first kappa shape index (κ1) is 11.1. The summed E-state index contributed by atoms with van der Waals surface area (Å²) in [6.07, 6.45) is 5.74. The van der Waals surface area contributed by atoms with Crippen molar-refractivity contribution in [1.82, 2.24) is 5.32 Å². The van der Waals surface area contributed by atoms with E-state index in [1.165, 1.54) is 25.7 Å². The molecule has 0 aromatic heterocycles. The van der Waals surface area contributed by atoms with Gasteiger partial charge in [0, 0.05) is 13.0 Å². The third-order valence-corrected chi connectivity index (χ3v) is 3.72. The molecule has 1 atom stereocenters. The molecule has 1 saturated heterocycles. The van der Waals surface area contributed by atoms with Crippen LogP contribution in [0.4, 0.5) is 0 Å². The van der Waals surface area contributed by atoms with Gasteiger partial charge >= 0.3 is 0 Å². The van der Waals surface area contributed by atoms with Crippen LogP contribution in [-0.2, 0) is 9.53 Å². The van der Waals surface area contributed by atoms with Crippen LogP contribution in [0.3, 0.4) is 0 Å². The molecule has 15 heavy (non-hydrogen) atoms. The fourth-order valence-electron chi connectivity index (χ4n) is 2.72. The van der Waals surface area contributed by atoms with Crippen molar-refractivity contribution in [3.8, 4) is 0 Å². The van der Waals surface area contributed by atoms with Gasteiger partial charge in [0.05, 0.1) is 19.3 Å². The van der Waals surface area contributed by atoms with Crippen molar-refractivity contribution < 1.29 is 9.53 Å². The maximum absolute atomic E-state index is 12.0. The first-order valence-electron chi connectivity index (χ1n) is 6.03. The van der Waals surface area contributed by atoms with Crippen molar-refractivity contribution in [2.24, 2.45) is 5.41 Å². The minimum absolute atomic E-state index is 0.0452. The van der Waals surface area contributed by atoms with E-state index < -0.39 is 0 Å². The highest BCUT2D eigenvalue weighted by atomic mass is 16.5. The standard InChI is InChI=1S/C12H21NO2/c1-12(4-2-3-5-12)8-11(14)10-9-15-7-6-13-10/h10,13H,2-9H2,1H3. The summed E-state index contributed by atoms with van der Waals surface area (Å²) in [6.45, 7) is 4.37. The Kier molecular flexibility index (Phi) is 3.42. The van der Waals surface area contributed by atoms with Crippen molar-refractivity contribution in [1.29, 1.82) is 0 Å². The lowest BCUT2D eigenvalue weighted by molar-refractivity contribution is -0.125. The maximum Gasteiger partial charge on any atom is 0.152 e. The molecule has 0 radical (unpaired) electrons. The number of ketones is 1. The van der Waals surface area contributed by atoms with Gasteiger partial charge in [-0.25, -0.2) is 0 Å². The lowest BCUT2D eigenvalue weighted by atomic mass is 9.82. The van der Waals surface area contributed by atoms with Crippen LogP contribution in [0, 0.1) is 5.41 Å². The molecule has 0 aromatic rings. The summed E-state index contributed by atoms with van der Waals surface area (Å²) in [7, 11) is 0. The number of carbonyl (C=O) groups excluding carboxylic acids is 1. The predicted molar refractivity (Wildman–Crippen MR) is 58.8 cm³/mol. The van der Waals surface area contributed by atoms with Crippen molar-refractivity contribution in [3.63, 3.8) is 0 Å². The summed E-state index contributed by atoms with van der Waals surface area (Å²) in [5.74, 6) is 0.346. The molecule has 1 saturated carbocycles. The number of rotatable bonds is 3. The average molecular weight is 211 g/mol. The lowest BCUT2D eigenvalue weighted by Crippen LogP contribution is -2.47. The second-order valence-electron chi connectivity index (χ2n) is 5.24. The summed E-state index contributed by atoms with van der Waals surface area (Å²) in [5.41, 5.74) is 0.274. The van der Waals surface area contributed by atoms with E-state index in [0.29, 0.717) is 12.4 Å². The van der Waals surface area contributed by atoms with Gasteiger partial charge in [-0.05, 0) is 18.3 Å². The first-order chi connectivity index (χ1) is 7.20.